The van der Waals surface area contributed by atoms with Crippen molar-refractivity contribution in [2.75, 3.05) is 39.2 Å². The van der Waals surface area contributed by atoms with Crippen LogP contribution in [0.5, 0.6) is 23.0 Å². The third-order valence-corrected chi connectivity index (χ3v) is 10.3. The number of ether oxygens (including phenoxy) is 3. The van der Waals surface area contributed by atoms with E-state index in [0.29, 0.717) is 17.7 Å². The number of hydrogen-bond acceptors (Lipinski definition) is 7. The molecule has 3 aliphatic carbocycles. The average molecular weight is 548 g/mol. The number of phenols is 1. The second-order valence-corrected chi connectivity index (χ2v) is 12.5. The van der Waals surface area contributed by atoms with Crippen LogP contribution in [-0.4, -0.2) is 68.0 Å². The van der Waals surface area contributed by atoms with E-state index in [1.54, 1.807) is 27.2 Å². The monoisotopic (exact) mass is 547 g/mol. The molecule has 0 unspecified atom stereocenters. The Bertz CT molecular complexity index is 1330. The van der Waals surface area contributed by atoms with Gasteiger partial charge in [-0.3, -0.25) is 9.69 Å². The predicted octanol–water partition coefficient (Wildman–Crippen LogP) is 4.02. The van der Waals surface area contributed by atoms with Gasteiger partial charge in [-0.1, -0.05) is 6.07 Å². The number of methoxy groups -OCH3 is 2. The Hall–Kier alpha value is -2.97. The minimum Gasteiger partial charge on any atom is -0.504 e. The minimum atomic E-state index is -0.140. The van der Waals surface area contributed by atoms with Crippen LogP contribution in [0.25, 0.3) is 0 Å². The highest BCUT2D eigenvalue weighted by atomic mass is 16.5. The molecular formula is C32H41N3O5. The molecule has 5 aliphatic rings. The van der Waals surface area contributed by atoms with Crippen molar-refractivity contribution >= 4 is 11.6 Å². The highest BCUT2D eigenvalue weighted by molar-refractivity contribution is 5.91. The Morgan fingerprint density at radius 3 is 2.73 bits per heavy atom. The van der Waals surface area contributed by atoms with Crippen LogP contribution in [0.15, 0.2) is 24.3 Å². The van der Waals surface area contributed by atoms with Crippen molar-refractivity contribution in [3.8, 4) is 23.0 Å². The number of carbonyl (C=O) groups is 1. The Morgan fingerprint density at radius 1 is 1.15 bits per heavy atom. The van der Waals surface area contributed by atoms with Gasteiger partial charge < -0.3 is 30.0 Å². The molecule has 3 N–H and O–H groups in total. The summed E-state index contributed by atoms with van der Waals surface area (Å²) in [5, 5.41) is 18.1. The zero-order valence-corrected chi connectivity index (χ0v) is 23.8. The van der Waals surface area contributed by atoms with E-state index in [2.05, 4.69) is 21.6 Å². The molecule has 8 nitrogen and oxygen atoms in total. The van der Waals surface area contributed by atoms with Gasteiger partial charge in [0.25, 0.3) is 0 Å². The third kappa shape index (κ3) is 4.05. The molecule has 1 amide bonds. The summed E-state index contributed by atoms with van der Waals surface area (Å²) < 4.78 is 17.7. The molecule has 2 heterocycles. The first-order chi connectivity index (χ1) is 19.4. The molecule has 2 aliphatic heterocycles. The molecule has 2 aromatic rings. The number of likely N-dealkylation sites (tertiary alicyclic amines) is 1. The molecule has 2 aromatic carbocycles. The van der Waals surface area contributed by atoms with E-state index >= 15 is 0 Å². The first kappa shape index (κ1) is 26.0. The second kappa shape index (κ2) is 9.84. The first-order valence-electron chi connectivity index (χ1n) is 14.9. The SMILES string of the molecule is COc1ccc(CCN[C@H]2CC[C@H]3[C@H]4Cc5c(NC(C)=O)cc(O)c6c5[C@@]3(CCN4CC3CC3)[C@H]2O6)cc1OC. The quantitative estimate of drug-likeness (QED) is 0.437. The second-order valence-electron chi connectivity index (χ2n) is 12.5. The highest BCUT2D eigenvalue weighted by Crippen LogP contribution is 2.65. The third-order valence-electron chi connectivity index (χ3n) is 10.3. The van der Waals surface area contributed by atoms with Gasteiger partial charge in [-0.2, -0.15) is 0 Å². The fourth-order valence-corrected chi connectivity index (χ4v) is 8.52. The van der Waals surface area contributed by atoms with Gasteiger partial charge in [0.05, 0.1) is 14.2 Å². The topological polar surface area (TPSA) is 92.3 Å². The van der Waals surface area contributed by atoms with Crippen LogP contribution < -0.4 is 24.8 Å². The lowest BCUT2D eigenvalue weighted by Crippen LogP contribution is -2.68. The highest BCUT2D eigenvalue weighted by Gasteiger charge is 2.66. The fraction of sp³-hybridized carbons (Fsp3) is 0.594. The van der Waals surface area contributed by atoms with E-state index < -0.39 is 0 Å². The molecule has 1 saturated heterocycles. The lowest BCUT2D eigenvalue weighted by molar-refractivity contribution is -0.114. The Morgan fingerprint density at radius 2 is 1.98 bits per heavy atom. The number of aromatic hydroxyl groups is 1. The summed E-state index contributed by atoms with van der Waals surface area (Å²) in [5.74, 6) is 3.51. The Kier molecular flexibility index (Phi) is 6.39. The van der Waals surface area contributed by atoms with Gasteiger partial charge in [0.2, 0.25) is 5.91 Å². The Balaban J connectivity index is 1.19. The lowest BCUT2D eigenvalue weighted by atomic mass is 9.51. The van der Waals surface area contributed by atoms with Crippen molar-refractivity contribution in [3.05, 3.63) is 41.0 Å². The maximum atomic E-state index is 12.2. The molecule has 5 atom stereocenters. The lowest BCUT2D eigenvalue weighted by Gasteiger charge is -2.60. The number of benzene rings is 2. The molecule has 8 heteroatoms. The summed E-state index contributed by atoms with van der Waals surface area (Å²) in [5.41, 5.74) is 4.17. The molecule has 40 heavy (non-hydrogen) atoms. The standard InChI is InChI=1S/C32H41N3O5/c1-18(36)34-24-16-26(37)30-29-21(24)15-25-22-7-8-23(33-12-10-19-6-9-27(38-2)28(14-19)39-3)31(40-30)32(22,29)11-13-35(25)17-20-4-5-20/h6,9,14,16,20,22-23,25,31,33,37H,4-5,7-8,10-13,15,17H2,1-3H3,(H,34,36)/t22-,23-,25+,31-,32-/m0/s1. The molecule has 0 aromatic heterocycles. The van der Waals surface area contributed by atoms with E-state index in [1.165, 1.54) is 36.1 Å². The number of amides is 1. The van der Waals surface area contributed by atoms with Gasteiger partial charge in [-0.15, -0.1) is 0 Å². The number of nitrogens with one attached hydrogen (secondary N) is 2. The van der Waals surface area contributed by atoms with E-state index in [4.69, 9.17) is 14.2 Å². The molecule has 2 bridgehead atoms. The summed E-state index contributed by atoms with van der Waals surface area (Å²) in [7, 11) is 3.32. The summed E-state index contributed by atoms with van der Waals surface area (Å²) in [6.07, 6.45) is 7.67. The van der Waals surface area contributed by atoms with Crippen molar-refractivity contribution in [1.82, 2.24) is 10.2 Å². The predicted molar refractivity (Wildman–Crippen MR) is 153 cm³/mol. The van der Waals surface area contributed by atoms with Crippen LogP contribution in [0.4, 0.5) is 5.69 Å². The van der Waals surface area contributed by atoms with Gasteiger partial charge >= 0.3 is 0 Å². The number of carbonyl (C=O) groups excluding carboxylic acids is 1. The molecule has 1 spiro atoms. The molecule has 3 fully saturated rings. The van der Waals surface area contributed by atoms with Crippen LogP contribution in [0.1, 0.15) is 55.7 Å². The minimum absolute atomic E-state index is 0.0326. The number of nitrogens with zero attached hydrogens (tertiary/aromatic N) is 1. The number of phenolic OH excluding ortho intramolecular Hbond substituents is 1. The first-order valence-corrected chi connectivity index (χ1v) is 14.9. The maximum absolute atomic E-state index is 12.2. The van der Waals surface area contributed by atoms with Gasteiger partial charge in [-0.05, 0) is 93.1 Å². The van der Waals surface area contributed by atoms with E-state index in [0.717, 1.165) is 68.3 Å². The van der Waals surface area contributed by atoms with E-state index in [9.17, 15) is 9.90 Å². The Labute approximate surface area is 236 Å². The molecule has 214 valence electrons. The van der Waals surface area contributed by atoms with Crippen molar-refractivity contribution < 1.29 is 24.1 Å². The van der Waals surface area contributed by atoms with Gasteiger partial charge in [0.15, 0.2) is 23.0 Å². The maximum Gasteiger partial charge on any atom is 0.221 e. The molecule has 7 rings (SSSR count). The van der Waals surface area contributed by atoms with Crippen molar-refractivity contribution in [3.63, 3.8) is 0 Å². The van der Waals surface area contributed by atoms with Crippen molar-refractivity contribution in [2.45, 2.75) is 75.5 Å². The average Bonchev–Trinajstić information content (AvgIpc) is 3.69. The smallest absolute Gasteiger partial charge is 0.221 e. The van der Waals surface area contributed by atoms with Crippen molar-refractivity contribution in [1.29, 1.82) is 0 Å². The zero-order valence-electron chi connectivity index (χ0n) is 23.8. The van der Waals surface area contributed by atoms with Gasteiger partial charge in [0.1, 0.15) is 6.10 Å². The van der Waals surface area contributed by atoms with E-state index in [1.807, 2.05) is 12.1 Å². The number of rotatable bonds is 9. The van der Waals surface area contributed by atoms with Crippen LogP contribution in [0.3, 0.4) is 0 Å². The van der Waals surface area contributed by atoms with Gasteiger partial charge in [0, 0.05) is 48.3 Å². The zero-order chi connectivity index (χ0) is 27.6. The van der Waals surface area contributed by atoms with Crippen LogP contribution >= 0.6 is 0 Å². The summed E-state index contributed by atoms with van der Waals surface area (Å²) >= 11 is 0. The number of anilines is 1. The van der Waals surface area contributed by atoms with Crippen LogP contribution in [0.2, 0.25) is 0 Å². The largest absolute Gasteiger partial charge is 0.504 e. The van der Waals surface area contributed by atoms with Gasteiger partial charge in [-0.25, -0.2) is 0 Å². The normalized spacial score (nSPS) is 29.9. The number of piperidine rings is 1. The molecular weight excluding hydrogens is 506 g/mol. The fourth-order valence-electron chi connectivity index (χ4n) is 8.52. The summed E-state index contributed by atoms with van der Waals surface area (Å²) in [4.78, 5) is 14.9. The summed E-state index contributed by atoms with van der Waals surface area (Å²) in [6, 6.07) is 8.45. The van der Waals surface area contributed by atoms with Crippen molar-refractivity contribution in [2.24, 2.45) is 11.8 Å². The number of hydrogen-bond donors (Lipinski definition) is 3. The molecule has 2 saturated carbocycles. The summed E-state index contributed by atoms with van der Waals surface area (Å²) in [6.45, 7) is 4.62. The molecule has 0 radical (unpaired) electrons. The van der Waals surface area contributed by atoms with Crippen LogP contribution in [-0.2, 0) is 23.1 Å². The van der Waals surface area contributed by atoms with Crippen LogP contribution in [0, 0.1) is 11.8 Å². The van der Waals surface area contributed by atoms with E-state index in [-0.39, 0.29) is 29.2 Å².